The Morgan fingerprint density at radius 2 is 1.82 bits per heavy atom. The molecule has 1 aromatic rings. The summed E-state index contributed by atoms with van der Waals surface area (Å²) < 4.78 is 22.8. The van der Waals surface area contributed by atoms with Gasteiger partial charge in [-0.1, -0.05) is 19.1 Å². The summed E-state index contributed by atoms with van der Waals surface area (Å²) in [5.41, 5.74) is 1.03. The summed E-state index contributed by atoms with van der Waals surface area (Å²) in [5, 5.41) is 9.02. The Balaban J connectivity index is 2.42. The van der Waals surface area contributed by atoms with E-state index in [0.29, 0.717) is 0 Å². The van der Waals surface area contributed by atoms with Crippen LogP contribution in [0, 0.1) is 0 Å². The van der Waals surface area contributed by atoms with Crippen molar-refractivity contribution in [1.82, 2.24) is 0 Å². The number of rotatable bonds is 4. The van der Waals surface area contributed by atoms with Gasteiger partial charge in [-0.15, -0.1) is 0 Å². The SMILES string of the molecule is CCc1ccc(S(=O)(=O)C2(C(=O)O)CC2)cc1. The molecular weight excluding hydrogens is 240 g/mol. The second kappa shape index (κ2) is 3.84. The number of benzene rings is 1. The van der Waals surface area contributed by atoms with Gasteiger partial charge in [0.2, 0.25) is 0 Å². The molecule has 2 rings (SSSR count). The van der Waals surface area contributed by atoms with Crippen LogP contribution in [0.4, 0.5) is 0 Å². The van der Waals surface area contributed by atoms with Crippen LogP contribution >= 0.6 is 0 Å². The van der Waals surface area contributed by atoms with Gasteiger partial charge in [0.05, 0.1) is 4.90 Å². The van der Waals surface area contributed by atoms with E-state index in [0.717, 1.165) is 12.0 Å². The van der Waals surface area contributed by atoms with Crippen molar-refractivity contribution < 1.29 is 18.3 Å². The maximum absolute atomic E-state index is 12.2. The second-order valence-corrected chi connectivity index (χ2v) is 6.56. The average Bonchev–Trinajstić information content (AvgIpc) is 3.10. The quantitative estimate of drug-likeness (QED) is 0.886. The number of carboxylic acids is 1. The first-order valence-electron chi connectivity index (χ1n) is 5.51. The molecular formula is C12H14O4S. The fourth-order valence-electron chi connectivity index (χ4n) is 1.84. The predicted molar refractivity (Wildman–Crippen MR) is 62.6 cm³/mol. The summed E-state index contributed by atoms with van der Waals surface area (Å²) in [6, 6.07) is 6.45. The molecule has 1 fully saturated rings. The first-order chi connectivity index (χ1) is 7.94. The lowest BCUT2D eigenvalue weighted by atomic mass is 10.2. The summed E-state index contributed by atoms with van der Waals surface area (Å²) in [7, 11) is -3.75. The van der Waals surface area contributed by atoms with Gasteiger partial charge < -0.3 is 5.11 Å². The number of hydrogen-bond donors (Lipinski definition) is 1. The molecule has 1 aliphatic carbocycles. The molecule has 0 bridgehead atoms. The number of carboxylic acid groups (broad SMARTS) is 1. The van der Waals surface area contributed by atoms with Crippen molar-refractivity contribution in [3.8, 4) is 0 Å². The third-order valence-electron chi connectivity index (χ3n) is 3.25. The van der Waals surface area contributed by atoms with E-state index in [1.807, 2.05) is 6.92 Å². The second-order valence-electron chi connectivity index (χ2n) is 4.30. The lowest BCUT2D eigenvalue weighted by Gasteiger charge is -2.11. The van der Waals surface area contributed by atoms with Crippen molar-refractivity contribution in [2.75, 3.05) is 0 Å². The molecule has 92 valence electrons. The molecule has 0 radical (unpaired) electrons. The lowest BCUT2D eigenvalue weighted by molar-refractivity contribution is -0.137. The Labute approximate surface area is 100 Å². The highest BCUT2D eigenvalue weighted by atomic mass is 32.2. The zero-order chi connectivity index (χ0) is 12.7. The Bertz CT molecular complexity index is 538. The van der Waals surface area contributed by atoms with Crippen LogP contribution in [-0.2, 0) is 21.1 Å². The van der Waals surface area contributed by atoms with Gasteiger partial charge in [0.25, 0.3) is 0 Å². The maximum atomic E-state index is 12.2. The first-order valence-corrected chi connectivity index (χ1v) is 6.99. The zero-order valence-electron chi connectivity index (χ0n) is 9.51. The average molecular weight is 254 g/mol. The fraction of sp³-hybridized carbons (Fsp3) is 0.417. The smallest absolute Gasteiger partial charge is 0.325 e. The van der Waals surface area contributed by atoms with E-state index in [4.69, 9.17) is 5.11 Å². The van der Waals surface area contributed by atoms with Crippen molar-refractivity contribution in [2.24, 2.45) is 0 Å². The fourth-order valence-corrected chi connectivity index (χ4v) is 3.66. The van der Waals surface area contributed by atoms with E-state index in [-0.39, 0.29) is 17.7 Å². The molecule has 0 atom stereocenters. The van der Waals surface area contributed by atoms with E-state index in [9.17, 15) is 13.2 Å². The van der Waals surface area contributed by atoms with E-state index in [1.165, 1.54) is 12.1 Å². The third kappa shape index (κ3) is 1.74. The lowest BCUT2D eigenvalue weighted by Crippen LogP contribution is -2.32. The van der Waals surface area contributed by atoms with Crippen LogP contribution in [0.1, 0.15) is 25.3 Å². The summed E-state index contributed by atoms with van der Waals surface area (Å²) >= 11 is 0. The van der Waals surface area contributed by atoms with Crippen molar-refractivity contribution in [3.05, 3.63) is 29.8 Å². The summed E-state index contributed by atoms with van der Waals surface area (Å²) in [5.74, 6) is -1.24. The topological polar surface area (TPSA) is 71.4 Å². The highest BCUT2D eigenvalue weighted by Crippen LogP contribution is 2.46. The highest BCUT2D eigenvalue weighted by molar-refractivity contribution is 7.94. The Kier molecular flexibility index (Phi) is 2.73. The zero-order valence-corrected chi connectivity index (χ0v) is 10.3. The molecule has 4 nitrogen and oxygen atoms in total. The first kappa shape index (κ1) is 12.1. The van der Waals surface area contributed by atoms with Gasteiger partial charge in [-0.3, -0.25) is 4.79 Å². The van der Waals surface area contributed by atoms with Gasteiger partial charge in [0.15, 0.2) is 14.6 Å². The Morgan fingerprint density at radius 3 is 2.18 bits per heavy atom. The van der Waals surface area contributed by atoms with Crippen molar-refractivity contribution in [3.63, 3.8) is 0 Å². The van der Waals surface area contributed by atoms with Crippen molar-refractivity contribution >= 4 is 15.8 Å². The van der Waals surface area contributed by atoms with Crippen LogP contribution in [-0.4, -0.2) is 24.2 Å². The minimum atomic E-state index is -3.75. The number of sulfone groups is 1. The van der Waals surface area contributed by atoms with Crippen LogP contribution in [0.5, 0.6) is 0 Å². The normalized spacial score (nSPS) is 17.7. The van der Waals surface area contributed by atoms with Crippen LogP contribution in [0.3, 0.4) is 0 Å². The maximum Gasteiger partial charge on any atom is 0.325 e. The molecule has 0 spiro atoms. The Hall–Kier alpha value is -1.36. The molecule has 0 aliphatic heterocycles. The summed E-state index contributed by atoms with van der Waals surface area (Å²) in [4.78, 5) is 11.2. The molecule has 1 aromatic carbocycles. The van der Waals surface area contributed by atoms with Crippen LogP contribution in [0.15, 0.2) is 29.2 Å². The molecule has 0 unspecified atom stereocenters. The standard InChI is InChI=1S/C12H14O4S/c1-2-9-3-5-10(6-4-9)17(15,16)12(7-8-12)11(13)14/h3-6H,2,7-8H2,1H3,(H,13,14). The molecule has 1 saturated carbocycles. The number of hydrogen-bond acceptors (Lipinski definition) is 3. The largest absolute Gasteiger partial charge is 0.480 e. The van der Waals surface area contributed by atoms with E-state index < -0.39 is 20.6 Å². The van der Waals surface area contributed by atoms with Gasteiger partial charge in [-0.2, -0.15) is 0 Å². The van der Waals surface area contributed by atoms with E-state index >= 15 is 0 Å². The van der Waals surface area contributed by atoms with Gasteiger partial charge in [-0.05, 0) is 37.0 Å². The van der Waals surface area contributed by atoms with Gasteiger partial charge in [0.1, 0.15) is 0 Å². The van der Waals surface area contributed by atoms with Gasteiger partial charge in [0, 0.05) is 0 Å². The predicted octanol–water partition coefficient (Wildman–Crippen LogP) is 1.64. The highest BCUT2D eigenvalue weighted by Gasteiger charge is 2.61. The molecule has 0 heterocycles. The molecule has 17 heavy (non-hydrogen) atoms. The molecule has 0 saturated heterocycles. The molecule has 1 N–H and O–H groups in total. The number of carbonyl (C=O) groups is 1. The van der Waals surface area contributed by atoms with E-state index in [1.54, 1.807) is 12.1 Å². The van der Waals surface area contributed by atoms with Crippen LogP contribution in [0.25, 0.3) is 0 Å². The van der Waals surface area contributed by atoms with Gasteiger partial charge >= 0.3 is 5.97 Å². The van der Waals surface area contributed by atoms with Crippen LogP contribution in [0.2, 0.25) is 0 Å². The molecule has 0 amide bonds. The Morgan fingerprint density at radius 1 is 1.29 bits per heavy atom. The van der Waals surface area contributed by atoms with Crippen LogP contribution < -0.4 is 0 Å². The molecule has 0 aromatic heterocycles. The van der Waals surface area contributed by atoms with Crippen molar-refractivity contribution in [2.45, 2.75) is 35.8 Å². The summed E-state index contributed by atoms with van der Waals surface area (Å²) in [6.07, 6.45) is 1.24. The summed E-state index contributed by atoms with van der Waals surface area (Å²) in [6.45, 7) is 1.98. The number of aryl methyl sites for hydroxylation is 1. The van der Waals surface area contributed by atoms with E-state index in [2.05, 4.69) is 0 Å². The van der Waals surface area contributed by atoms with Crippen molar-refractivity contribution in [1.29, 1.82) is 0 Å². The minimum absolute atomic E-state index is 0.106. The third-order valence-corrected chi connectivity index (χ3v) is 5.75. The monoisotopic (exact) mass is 254 g/mol. The number of aliphatic carboxylic acids is 1. The van der Waals surface area contributed by atoms with Gasteiger partial charge in [-0.25, -0.2) is 8.42 Å². The molecule has 5 heteroatoms. The minimum Gasteiger partial charge on any atom is -0.480 e. The molecule has 1 aliphatic rings.